The Morgan fingerprint density at radius 3 is 2.41 bits per heavy atom. The third-order valence-electron chi connectivity index (χ3n) is 2.41. The maximum atomic E-state index is 12.3. The Morgan fingerprint density at radius 1 is 1.27 bits per heavy atom. The van der Waals surface area contributed by atoms with Gasteiger partial charge in [-0.05, 0) is 26.8 Å². The molecule has 0 saturated heterocycles. The van der Waals surface area contributed by atoms with E-state index in [0.717, 1.165) is 6.07 Å². The van der Waals surface area contributed by atoms with Gasteiger partial charge in [-0.25, -0.2) is 4.79 Å². The van der Waals surface area contributed by atoms with Gasteiger partial charge in [-0.3, -0.25) is 0 Å². The number of nitrogens with one attached hydrogen (secondary N) is 1. The lowest BCUT2D eigenvalue weighted by Gasteiger charge is -2.21. The van der Waals surface area contributed by atoms with Gasteiger partial charge < -0.3 is 20.5 Å². The minimum Gasteiger partial charge on any atom is -0.444 e. The number of carbonyl (C=O) groups is 1. The molecule has 3 N–H and O–H groups in total. The number of amides is 1. The summed E-state index contributed by atoms with van der Waals surface area (Å²) < 4.78 is 45.9. The molecule has 0 heterocycles. The lowest BCUT2D eigenvalue weighted by molar-refractivity contribution is -0.275. The number of carbonyl (C=O) groups excluding carboxylic acids is 1. The molecule has 0 radical (unpaired) electrons. The zero-order chi connectivity index (χ0) is 17.0. The zero-order valence-electron chi connectivity index (χ0n) is 12.5. The summed E-state index contributed by atoms with van der Waals surface area (Å²) in [6.07, 6.45) is -5.51. The van der Waals surface area contributed by atoms with E-state index in [2.05, 4.69) is 10.1 Å². The molecule has 1 amide bonds. The second kappa shape index (κ2) is 6.87. The maximum absolute atomic E-state index is 12.3. The Balaban J connectivity index is 2.70. The van der Waals surface area contributed by atoms with E-state index < -0.39 is 29.8 Å². The average Bonchev–Trinajstić information content (AvgIpc) is 2.32. The number of nitrogens with two attached hydrogens (primary N) is 1. The zero-order valence-corrected chi connectivity index (χ0v) is 12.5. The summed E-state index contributed by atoms with van der Waals surface area (Å²) in [6.45, 7) is 4.99. The van der Waals surface area contributed by atoms with Gasteiger partial charge in [0.1, 0.15) is 11.4 Å². The number of benzene rings is 1. The average molecular weight is 320 g/mol. The topological polar surface area (TPSA) is 73.6 Å². The molecule has 5 nitrogen and oxygen atoms in total. The first-order valence-electron chi connectivity index (χ1n) is 6.55. The minimum atomic E-state index is -4.81. The number of ether oxygens (including phenoxy) is 2. The number of para-hydroxylation sites is 1. The molecule has 0 fully saturated rings. The molecule has 1 aromatic rings. The van der Waals surface area contributed by atoms with E-state index in [1.165, 1.54) is 18.2 Å². The van der Waals surface area contributed by atoms with Crippen molar-refractivity contribution in [3.05, 3.63) is 29.8 Å². The Morgan fingerprint density at radius 2 is 1.86 bits per heavy atom. The second-order valence-electron chi connectivity index (χ2n) is 5.57. The predicted molar refractivity (Wildman–Crippen MR) is 74.3 cm³/mol. The van der Waals surface area contributed by atoms with Crippen molar-refractivity contribution in [3.8, 4) is 5.75 Å². The molecule has 0 aromatic heterocycles. The van der Waals surface area contributed by atoms with Gasteiger partial charge >= 0.3 is 12.5 Å². The van der Waals surface area contributed by atoms with Crippen LogP contribution in [0.4, 0.5) is 18.0 Å². The molecule has 0 spiro atoms. The molecule has 1 aromatic carbocycles. The van der Waals surface area contributed by atoms with Crippen molar-refractivity contribution in [2.75, 3.05) is 6.54 Å². The minimum absolute atomic E-state index is 0.0901. The summed E-state index contributed by atoms with van der Waals surface area (Å²) in [5.74, 6) is -0.395. The fourth-order valence-corrected chi connectivity index (χ4v) is 1.62. The summed E-state index contributed by atoms with van der Waals surface area (Å²) in [5, 5.41) is 2.40. The molecule has 0 aliphatic carbocycles. The van der Waals surface area contributed by atoms with Crippen LogP contribution in [0.1, 0.15) is 32.4 Å². The van der Waals surface area contributed by atoms with Gasteiger partial charge in [-0.15, -0.1) is 13.2 Å². The van der Waals surface area contributed by atoms with Gasteiger partial charge in [0, 0.05) is 12.1 Å². The van der Waals surface area contributed by atoms with Gasteiger partial charge in [0.15, 0.2) is 0 Å². The number of alkyl carbamates (subject to hydrolysis) is 1. The molecule has 124 valence electrons. The van der Waals surface area contributed by atoms with Crippen LogP contribution in [0.25, 0.3) is 0 Å². The normalized spacial score (nSPS) is 13.4. The van der Waals surface area contributed by atoms with Crippen LogP contribution in [0.3, 0.4) is 0 Å². The fraction of sp³-hybridized carbons (Fsp3) is 0.500. The number of rotatable bonds is 4. The van der Waals surface area contributed by atoms with E-state index in [1.807, 2.05) is 0 Å². The largest absolute Gasteiger partial charge is 0.573 e. The SMILES string of the molecule is CC(C)(C)OC(=O)NCC(N)c1ccccc1OC(F)(F)F. The molecule has 0 saturated carbocycles. The molecule has 1 rings (SSSR count). The molecular formula is C14H19F3N2O3. The highest BCUT2D eigenvalue weighted by Gasteiger charge is 2.32. The maximum Gasteiger partial charge on any atom is 0.573 e. The van der Waals surface area contributed by atoms with E-state index in [-0.39, 0.29) is 12.1 Å². The molecular weight excluding hydrogens is 301 g/mol. The van der Waals surface area contributed by atoms with Crippen molar-refractivity contribution in [2.24, 2.45) is 5.73 Å². The first-order chi connectivity index (χ1) is 9.98. The summed E-state index contributed by atoms with van der Waals surface area (Å²) in [7, 11) is 0. The summed E-state index contributed by atoms with van der Waals surface area (Å²) in [5.41, 5.74) is 5.27. The molecule has 0 aliphatic heterocycles. The van der Waals surface area contributed by atoms with Crippen LogP contribution in [0.2, 0.25) is 0 Å². The van der Waals surface area contributed by atoms with Gasteiger partial charge in [-0.1, -0.05) is 18.2 Å². The highest BCUT2D eigenvalue weighted by atomic mass is 19.4. The standard InChI is InChI=1S/C14H19F3N2O3/c1-13(2,3)22-12(20)19-8-10(18)9-6-4-5-7-11(9)21-14(15,16)17/h4-7,10H,8,18H2,1-3H3,(H,19,20). The molecule has 8 heteroatoms. The third-order valence-corrected chi connectivity index (χ3v) is 2.41. The van der Waals surface area contributed by atoms with Crippen molar-refractivity contribution < 1.29 is 27.4 Å². The van der Waals surface area contributed by atoms with Gasteiger partial charge in [0.25, 0.3) is 0 Å². The van der Waals surface area contributed by atoms with E-state index in [4.69, 9.17) is 10.5 Å². The van der Waals surface area contributed by atoms with Crippen molar-refractivity contribution >= 4 is 6.09 Å². The Kier molecular flexibility index (Phi) is 5.65. The van der Waals surface area contributed by atoms with Crippen LogP contribution in [0.5, 0.6) is 5.75 Å². The lowest BCUT2D eigenvalue weighted by Crippen LogP contribution is -2.36. The summed E-state index contributed by atoms with van der Waals surface area (Å²) in [4.78, 5) is 11.5. The fourth-order valence-electron chi connectivity index (χ4n) is 1.62. The van der Waals surface area contributed by atoms with E-state index in [1.54, 1.807) is 20.8 Å². The number of hydrogen-bond acceptors (Lipinski definition) is 4. The first-order valence-corrected chi connectivity index (χ1v) is 6.55. The Bertz CT molecular complexity index is 513. The van der Waals surface area contributed by atoms with Crippen LogP contribution in [0, 0.1) is 0 Å². The second-order valence-corrected chi connectivity index (χ2v) is 5.57. The van der Waals surface area contributed by atoms with Crippen molar-refractivity contribution in [1.29, 1.82) is 0 Å². The highest BCUT2D eigenvalue weighted by molar-refractivity contribution is 5.67. The monoisotopic (exact) mass is 320 g/mol. The van der Waals surface area contributed by atoms with Gasteiger partial charge in [0.05, 0.1) is 6.04 Å². The van der Waals surface area contributed by atoms with E-state index >= 15 is 0 Å². The highest BCUT2D eigenvalue weighted by Crippen LogP contribution is 2.29. The van der Waals surface area contributed by atoms with Crippen molar-refractivity contribution in [3.63, 3.8) is 0 Å². The Hall–Kier alpha value is -1.96. The lowest BCUT2D eigenvalue weighted by atomic mass is 10.1. The van der Waals surface area contributed by atoms with Gasteiger partial charge in [-0.2, -0.15) is 0 Å². The van der Waals surface area contributed by atoms with Crippen LogP contribution in [-0.4, -0.2) is 24.6 Å². The summed E-state index contributed by atoms with van der Waals surface area (Å²) in [6, 6.07) is 4.63. The summed E-state index contributed by atoms with van der Waals surface area (Å²) >= 11 is 0. The molecule has 0 aliphatic rings. The van der Waals surface area contributed by atoms with Crippen LogP contribution >= 0.6 is 0 Å². The van der Waals surface area contributed by atoms with Crippen molar-refractivity contribution in [1.82, 2.24) is 5.32 Å². The predicted octanol–water partition coefficient (Wildman–Crippen LogP) is 3.11. The van der Waals surface area contributed by atoms with E-state index in [0.29, 0.717) is 0 Å². The molecule has 0 bridgehead atoms. The third kappa shape index (κ3) is 6.66. The Labute approximate surface area is 126 Å². The molecule has 1 unspecified atom stereocenters. The van der Waals surface area contributed by atoms with Crippen molar-refractivity contribution in [2.45, 2.75) is 38.8 Å². The molecule has 1 atom stereocenters. The van der Waals surface area contributed by atoms with Crippen LogP contribution in [0.15, 0.2) is 24.3 Å². The number of halogens is 3. The number of hydrogen-bond donors (Lipinski definition) is 2. The molecule has 22 heavy (non-hydrogen) atoms. The van der Waals surface area contributed by atoms with E-state index in [9.17, 15) is 18.0 Å². The quantitative estimate of drug-likeness (QED) is 0.894. The number of alkyl halides is 3. The smallest absolute Gasteiger partial charge is 0.444 e. The van der Waals surface area contributed by atoms with Gasteiger partial charge in [0.2, 0.25) is 0 Å². The van der Waals surface area contributed by atoms with Crippen LogP contribution in [-0.2, 0) is 4.74 Å². The first kappa shape index (κ1) is 18.1. The van der Waals surface area contributed by atoms with Crippen LogP contribution < -0.4 is 15.8 Å².